The summed E-state index contributed by atoms with van der Waals surface area (Å²) in [6, 6.07) is 12.0. The summed E-state index contributed by atoms with van der Waals surface area (Å²) in [5, 5.41) is 1.40. The molecule has 0 radical (unpaired) electrons. The van der Waals surface area contributed by atoms with Crippen LogP contribution in [0.15, 0.2) is 36.5 Å². The number of aryl methyl sites for hydroxylation is 4. The van der Waals surface area contributed by atoms with Crippen molar-refractivity contribution >= 4 is 11.0 Å². The van der Waals surface area contributed by atoms with Crippen molar-refractivity contribution in [3.8, 4) is 0 Å². The van der Waals surface area contributed by atoms with E-state index in [-0.39, 0.29) is 0 Å². The van der Waals surface area contributed by atoms with Crippen LogP contribution >= 0.6 is 0 Å². The van der Waals surface area contributed by atoms with Gasteiger partial charge in [-0.2, -0.15) is 0 Å². The second-order valence-electron chi connectivity index (χ2n) is 8.08. The second kappa shape index (κ2) is 6.24. The summed E-state index contributed by atoms with van der Waals surface area (Å²) >= 11 is 0. The molecule has 0 aliphatic carbocycles. The molecule has 1 fully saturated rings. The maximum absolute atomic E-state index is 4.87. The van der Waals surface area contributed by atoms with Crippen LogP contribution in [0.4, 0.5) is 0 Å². The Hall–Kier alpha value is -2.13. The number of benzene rings is 1. The van der Waals surface area contributed by atoms with Gasteiger partial charge < -0.3 is 4.57 Å². The molecule has 0 bridgehead atoms. The summed E-state index contributed by atoms with van der Waals surface area (Å²) in [5.41, 5.74) is 8.34. The molecule has 0 saturated carbocycles. The van der Waals surface area contributed by atoms with Crippen LogP contribution in [-0.4, -0.2) is 27.5 Å². The molecule has 1 aromatic carbocycles. The Morgan fingerprint density at radius 1 is 1.08 bits per heavy atom. The normalized spacial score (nSPS) is 19.7. The molecule has 1 unspecified atom stereocenters. The van der Waals surface area contributed by atoms with Crippen molar-refractivity contribution in [1.29, 1.82) is 0 Å². The van der Waals surface area contributed by atoms with E-state index in [9.17, 15) is 0 Å². The van der Waals surface area contributed by atoms with E-state index in [2.05, 4.69) is 53.6 Å². The summed E-state index contributed by atoms with van der Waals surface area (Å²) < 4.78 is 2.53. The van der Waals surface area contributed by atoms with Gasteiger partial charge in [0.25, 0.3) is 0 Å². The van der Waals surface area contributed by atoms with Crippen LogP contribution in [0.5, 0.6) is 0 Å². The van der Waals surface area contributed by atoms with E-state index in [1.165, 1.54) is 53.7 Å². The zero-order chi connectivity index (χ0) is 17.7. The zero-order valence-corrected chi connectivity index (χ0v) is 15.8. The highest BCUT2D eigenvalue weighted by Crippen LogP contribution is 2.42. The van der Waals surface area contributed by atoms with Crippen molar-refractivity contribution in [3.63, 3.8) is 0 Å². The average molecular weight is 345 g/mol. The Labute approximate surface area is 155 Å². The lowest BCUT2D eigenvalue weighted by molar-refractivity contribution is 0.242. The molecule has 1 atom stereocenters. The minimum absolute atomic E-state index is 0.616. The SMILES string of the molecule is Cc1ccc(CCn2c3c(c4cc(C)cnc42)C2CCCN2CC3)cc1. The first-order valence-corrected chi connectivity index (χ1v) is 9.98. The van der Waals surface area contributed by atoms with Crippen LogP contribution in [0.1, 0.15) is 46.8 Å². The van der Waals surface area contributed by atoms with Gasteiger partial charge in [-0.15, -0.1) is 0 Å². The number of hydrogen-bond acceptors (Lipinski definition) is 2. The van der Waals surface area contributed by atoms with Crippen LogP contribution in [0.25, 0.3) is 11.0 Å². The predicted molar refractivity (Wildman–Crippen MR) is 107 cm³/mol. The van der Waals surface area contributed by atoms with E-state index < -0.39 is 0 Å². The molecular weight excluding hydrogens is 318 g/mol. The molecule has 0 spiro atoms. The van der Waals surface area contributed by atoms with Gasteiger partial charge in [0.05, 0.1) is 0 Å². The van der Waals surface area contributed by atoms with E-state index in [1.807, 2.05) is 6.20 Å². The van der Waals surface area contributed by atoms with Crippen molar-refractivity contribution in [3.05, 3.63) is 64.5 Å². The van der Waals surface area contributed by atoms with Crippen LogP contribution in [-0.2, 0) is 19.4 Å². The molecular formula is C23H27N3. The molecule has 0 amide bonds. The van der Waals surface area contributed by atoms with Gasteiger partial charge in [-0.1, -0.05) is 29.8 Å². The van der Waals surface area contributed by atoms with Crippen LogP contribution in [0.3, 0.4) is 0 Å². The molecule has 26 heavy (non-hydrogen) atoms. The largest absolute Gasteiger partial charge is 0.329 e. The summed E-state index contributed by atoms with van der Waals surface area (Å²) in [4.78, 5) is 7.56. The van der Waals surface area contributed by atoms with Gasteiger partial charge in [0.1, 0.15) is 5.65 Å². The number of aromatic nitrogens is 2. The minimum atomic E-state index is 0.616. The Morgan fingerprint density at radius 3 is 2.77 bits per heavy atom. The number of nitrogens with zero attached hydrogens (tertiary/aromatic N) is 3. The molecule has 2 aliphatic rings. The standard InChI is InChI=1S/C23H27N3/c1-16-5-7-18(8-6-16)9-13-26-21-10-12-25-11-3-4-20(25)22(21)19-14-17(2)15-24-23(19)26/h5-8,14-15,20H,3-4,9-13H2,1-2H3. The summed E-state index contributed by atoms with van der Waals surface area (Å²) in [6.07, 6.45) is 6.90. The van der Waals surface area contributed by atoms with Crippen molar-refractivity contribution in [2.75, 3.05) is 13.1 Å². The molecule has 3 aromatic rings. The molecule has 1 saturated heterocycles. The maximum Gasteiger partial charge on any atom is 0.140 e. The van der Waals surface area contributed by atoms with Gasteiger partial charge in [-0.05, 0) is 62.4 Å². The minimum Gasteiger partial charge on any atom is -0.329 e. The molecule has 3 heteroatoms. The number of fused-ring (bicyclic) bond motifs is 5. The Morgan fingerprint density at radius 2 is 1.92 bits per heavy atom. The monoisotopic (exact) mass is 345 g/mol. The van der Waals surface area contributed by atoms with Gasteiger partial charge in [-0.3, -0.25) is 4.90 Å². The maximum atomic E-state index is 4.87. The summed E-state index contributed by atoms with van der Waals surface area (Å²) in [7, 11) is 0. The predicted octanol–water partition coefficient (Wildman–Crippen LogP) is 4.59. The van der Waals surface area contributed by atoms with E-state index in [0.29, 0.717) is 6.04 Å². The van der Waals surface area contributed by atoms with Gasteiger partial charge in [-0.25, -0.2) is 4.98 Å². The lowest BCUT2D eigenvalue weighted by Crippen LogP contribution is -2.31. The third kappa shape index (κ3) is 2.57. The third-order valence-electron chi connectivity index (χ3n) is 6.26. The zero-order valence-electron chi connectivity index (χ0n) is 15.8. The van der Waals surface area contributed by atoms with E-state index in [1.54, 1.807) is 11.3 Å². The van der Waals surface area contributed by atoms with Gasteiger partial charge in [0, 0.05) is 42.8 Å². The molecule has 4 heterocycles. The molecule has 2 aliphatic heterocycles. The van der Waals surface area contributed by atoms with Gasteiger partial charge in [0.2, 0.25) is 0 Å². The molecule has 5 rings (SSSR count). The molecule has 0 N–H and O–H groups in total. The Balaban J connectivity index is 1.57. The van der Waals surface area contributed by atoms with Gasteiger partial charge in [0.15, 0.2) is 0 Å². The highest BCUT2D eigenvalue weighted by molar-refractivity contribution is 5.84. The summed E-state index contributed by atoms with van der Waals surface area (Å²) in [6.45, 7) is 7.81. The Kier molecular flexibility index (Phi) is 3.86. The first kappa shape index (κ1) is 16.1. The smallest absolute Gasteiger partial charge is 0.140 e. The molecule has 2 aromatic heterocycles. The van der Waals surface area contributed by atoms with Crippen molar-refractivity contribution in [1.82, 2.24) is 14.5 Å². The van der Waals surface area contributed by atoms with E-state index in [0.717, 1.165) is 19.4 Å². The van der Waals surface area contributed by atoms with E-state index in [4.69, 9.17) is 4.98 Å². The second-order valence-corrected chi connectivity index (χ2v) is 8.08. The van der Waals surface area contributed by atoms with E-state index >= 15 is 0 Å². The van der Waals surface area contributed by atoms with Gasteiger partial charge >= 0.3 is 0 Å². The Bertz CT molecular complexity index is 952. The fraction of sp³-hybridized carbons (Fsp3) is 0.435. The van der Waals surface area contributed by atoms with Crippen LogP contribution in [0.2, 0.25) is 0 Å². The number of pyridine rings is 1. The van der Waals surface area contributed by atoms with Crippen molar-refractivity contribution in [2.24, 2.45) is 0 Å². The number of rotatable bonds is 3. The average Bonchev–Trinajstić information content (AvgIpc) is 3.23. The fourth-order valence-corrected chi connectivity index (χ4v) is 4.95. The summed E-state index contributed by atoms with van der Waals surface area (Å²) in [5.74, 6) is 0. The lowest BCUT2D eigenvalue weighted by Gasteiger charge is -2.31. The lowest BCUT2D eigenvalue weighted by atomic mass is 9.96. The highest BCUT2D eigenvalue weighted by atomic mass is 15.2. The first-order valence-electron chi connectivity index (χ1n) is 9.98. The van der Waals surface area contributed by atoms with Crippen molar-refractivity contribution in [2.45, 2.75) is 52.1 Å². The third-order valence-corrected chi connectivity index (χ3v) is 6.26. The fourth-order valence-electron chi connectivity index (χ4n) is 4.95. The molecule has 134 valence electrons. The highest BCUT2D eigenvalue weighted by Gasteiger charge is 2.35. The molecule has 3 nitrogen and oxygen atoms in total. The van der Waals surface area contributed by atoms with Crippen LogP contribution < -0.4 is 0 Å². The first-order chi connectivity index (χ1) is 12.7. The topological polar surface area (TPSA) is 21.1 Å². The van der Waals surface area contributed by atoms with Crippen LogP contribution in [0, 0.1) is 13.8 Å². The number of hydrogen-bond donors (Lipinski definition) is 0. The quantitative estimate of drug-likeness (QED) is 0.692. The van der Waals surface area contributed by atoms with Crippen molar-refractivity contribution < 1.29 is 0 Å².